The van der Waals surface area contributed by atoms with Crippen LogP contribution in [-0.4, -0.2) is 6.10 Å². The van der Waals surface area contributed by atoms with Crippen molar-refractivity contribution >= 4 is 23.2 Å². The standard InChI is InChI=1S/C12H15Cl2NO/c13-11-6-5-9(7-12(11)14)8-15-16-10-3-1-2-4-10/h5-7,10,15H,1-4,8H2. The van der Waals surface area contributed by atoms with Gasteiger partial charge in [-0.25, -0.2) is 0 Å². The van der Waals surface area contributed by atoms with Crippen LogP contribution in [0.25, 0.3) is 0 Å². The normalized spacial score (nSPS) is 16.9. The van der Waals surface area contributed by atoms with Crippen LogP contribution in [-0.2, 0) is 11.4 Å². The lowest BCUT2D eigenvalue weighted by molar-refractivity contribution is -0.0244. The van der Waals surface area contributed by atoms with Crippen molar-refractivity contribution in [1.29, 1.82) is 0 Å². The first kappa shape index (κ1) is 12.2. The van der Waals surface area contributed by atoms with E-state index in [1.54, 1.807) is 6.07 Å². The van der Waals surface area contributed by atoms with Crippen LogP contribution in [0.5, 0.6) is 0 Å². The van der Waals surface area contributed by atoms with Crippen molar-refractivity contribution in [2.24, 2.45) is 0 Å². The molecule has 1 aliphatic carbocycles. The molecule has 88 valence electrons. The second-order valence-electron chi connectivity index (χ2n) is 4.09. The summed E-state index contributed by atoms with van der Waals surface area (Å²) in [5.41, 5.74) is 4.06. The van der Waals surface area contributed by atoms with Gasteiger partial charge in [-0.2, -0.15) is 5.48 Å². The van der Waals surface area contributed by atoms with E-state index in [1.165, 1.54) is 12.8 Å². The Morgan fingerprint density at radius 2 is 1.94 bits per heavy atom. The van der Waals surface area contributed by atoms with Crippen molar-refractivity contribution in [2.45, 2.75) is 38.3 Å². The van der Waals surface area contributed by atoms with E-state index in [4.69, 9.17) is 28.0 Å². The number of hydrogen-bond donors (Lipinski definition) is 1. The molecule has 1 fully saturated rings. The molecule has 1 aromatic rings. The third-order valence-corrected chi connectivity index (χ3v) is 3.55. The molecule has 0 radical (unpaired) electrons. The summed E-state index contributed by atoms with van der Waals surface area (Å²) in [7, 11) is 0. The van der Waals surface area contributed by atoms with Gasteiger partial charge in [-0.05, 0) is 30.5 Å². The molecular weight excluding hydrogens is 245 g/mol. The average molecular weight is 260 g/mol. The van der Waals surface area contributed by atoms with Gasteiger partial charge in [-0.15, -0.1) is 0 Å². The molecule has 0 spiro atoms. The Hall–Kier alpha value is -0.280. The van der Waals surface area contributed by atoms with Gasteiger partial charge in [-0.3, -0.25) is 4.84 Å². The molecule has 0 amide bonds. The minimum Gasteiger partial charge on any atom is -0.298 e. The van der Waals surface area contributed by atoms with Crippen LogP contribution in [0.3, 0.4) is 0 Å². The van der Waals surface area contributed by atoms with Crippen molar-refractivity contribution in [1.82, 2.24) is 5.48 Å². The second kappa shape index (κ2) is 5.87. The van der Waals surface area contributed by atoms with Crippen LogP contribution in [0.1, 0.15) is 31.2 Å². The van der Waals surface area contributed by atoms with Gasteiger partial charge in [0.15, 0.2) is 0 Å². The monoisotopic (exact) mass is 259 g/mol. The summed E-state index contributed by atoms with van der Waals surface area (Å²) in [4.78, 5) is 5.55. The maximum Gasteiger partial charge on any atom is 0.0790 e. The molecule has 0 atom stereocenters. The van der Waals surface area contributed by atoms with Crippen LogP contribution in [0, 0.1) is 0 Å². The van der Waals surface area contributed by atoms with Gasteiger partial charge in [0, 0.05) is 6.54 Å². The highest BCUT2D eigenvalue weighted by atomic mass is 35.5. The van der Waals surface area contributed by atoms with Crippen LogP contribution in [0.4, 0.5) is 0 Å². The summed E-state index contributed by atoms with van der Waals surface area (Å²) in [5.74, 6) is 0. The molecule has 1 aliphatic rings. The first-order chi connectivity index (χ1) is 7.75. The van der Waals surface area contributed by atoms with Crippen LogP contribution >= 0.6 is 23.2 Å². The second-order valence-corrected chi connectivity index (χ2v) is 4.91. The highest BCUT2D eigenvalue weighted by Crippen LogP contribution is 2.23. The Bertz CT molecular complexity index is 351. The molecule has 0 aromatic heterocycles. The summed E-state index contributed by atoms with van der Waals surface area (Å²) in [6.07, 6.45) is 5.25. The highest BCUT2D eigenvalue weighted by molar-refractivity contribution is 6.42. The fourth-order valence-corrected chi connectivity index (χ4v) is 2.22. The fraction of sp³-hybridized carbons (Fsp3) is 0.500. The Balaban J connectivity index is 1.78. The van der Waals surface area contributed by atoms with Gasteiger partial charge in [0.25, 0.3) is 0 Å². The van der Waals surface area contributed by atoms with E-state index in [-0.39, 0.29) is 0 Å². The summed E-state index contributed by atoms with van der Waals surface area (Å²) >= 11 is 11.8. The average Bonchev–Trinajstić information content (AvgIpc) is 2.76. The van der Waals surface area contributed by atoms with E-state index >= 15 is 0 Å². The van der Waals surface area contributed by atoms with Crippen molar-refractivity contribution in [2.75, 3.05) is 0 Å². The van der Waals surface area contributed by atoms with Gasteiger partial charge in [0.2, 0.25) is 0 Å². The van der Waals surface area contributed by atoms with E-state index in [1.807, 2.05) is 12.1 Å². The number of halogens is 2. The molecule has 4 heteroatoms. The van der Waals surface area contributed by atoms with E-state index in [9.17, 15) is 0 Å². The van der Waals surface area contributed by atoms with E-state index in [0.717, 1.165) is 18.4 Å². The van der Waals surface area contributed by atoms with Gasteiger partial charge in [0.1, 0.15) is 0 Å². The number of rotatable bonds is 4. The molecule has 0 bridgehead atoms. The molecule has 0 aliphatic heterocycles. The van der Waals surface area contributed by atoms with Gasteiger partial charge >= 0.3 is 0 Å². The maximum atomic E-state index is 5.92. The van der Waals surface area contributed by atoms with Crippen molar-refractivity contribution in [3.63, 3.8) is 0 Å². The van der Waals surface area contributed by atoms with Crippen molar-refractivity contribution in [3.8, 4) is 0 Å². The topological polar surface area (TPSA) is 21.3 Å². The van der Waals surface area contributed by atoms with Crippen LogP contribution in [0.15, 0.2) is 18.2 Å². The predicted molar refractivity (Wildman–Crippen MR) is 66.6 cm³/mol. The lowest BCUT2D eigenvalue weighted by atomic mass is 10.2. The molecule has 2 nitrogen and oxygen atoms in total. The van der Waals surface area contributed by atoms with Crippen molar-refractivity contribution < 1.29 is 4.84 Å². The van der Waals surface area contributed by atoms with Gasteiger partial charge < -0.3 is 0 Å². The number of hydroxylamine groups is 1. The molecule has 0 saturated heterocycles. The van der Waals surface area contributed by atoms with E-state index in [0.29, 0.717) is 22.7 Å². The zero-order chi connectivity index (χ0) is 11.4. The summed E-state index contributed by atoms with van der Waals surface area (Å²) in [6.45, 7) is 0.660. The molecule has 16 heavy (non-hydrogen) atoms. The largest absolute Gasteiger partial charge is 0.298 e. The molecule has 1 saturated carbocycles. The minimum absolute atomic E-state index is 0.378. The molecule has 2 rings (SSSR count). The third-order valence-electron chi connectivity index (χ3n) is 2.81. The maximum absolute atomic E-state index is 5.92. The van der Waals surface area contributed by atoms with E-state index < -0.39 is 0 Å². The number of hydrogen-bond acceptors (Lipinski definition) is 2. The summed E-state index contributed by atoms with van der Waals surface area (Å²) in [5, 5.41) is 1.17. The first-order valence-corrected chi connectivity index (χ1v) is 6.34. The van der Waals surface area contributed by atoms with Gasteiger partial charge in [0.05, 0.1) is 16.1 Å². The Kier molecular flexibility index (Phi) is 4.47. The zero-order valence-corrected chi connectivity index (χ0v) is 10.5. The molecule has 0 unspecified atom stereocenters. The lowest BCUT2D eigenvalue weighted by Gasteiger charge is -2.11. The molecule has 0 heterocycles. The van der Waals surface area contributed by atoms with E-state index in [2.05, 4.69) is 5.48 Å². The predicted octanol–water partition coefficient (Wildman–Crippen LogP) is 3.96. The fourth-order valence-electron chi connectivity index (χ4n) is 1.90. The van der Waals surface area contributed by atoms with Gasteiger partial charge in [-0.1, -0.05) is 42.1 Å². The molecule has 1 aromatic carbocycles. The first-order valence-electron chi connectivity index (χ1n) is 5.58. The summed E-state index contributed by atoms with van der Waals surface area (Å²) < 4.78 is 0. The summed E-state index contributed by atoms with van der Waals surface area (Å²) in [6, 6.07) is 5.60. The SMILES string of the molecule is Clc1ccc(CNOC2CCCC2)cc1Cl. The smallest absolute Gasteiger partial charge is 0.0790 e. The highest BCUT2D eigenvalue weighted by Gasteiger charge is 2.15. The quantitative estimate of drug-likeness (QED) is 0.827. The minimum atomic E-state index is 0.378. The van der Waals surface area contributed by atoms with Crippen LogP contribution in [0.2, 0.25) is 10.0 Å². The number of benzene rings is 1. The number of nitrogens with one attached hydrogen (secondary N) is 1. The Morgan fingerprint density at radius 3 is 2.62 bits per heavy atom. The lowest BCUT2D eigenvalue weighted by Crippen LogP contribution is -2.21. The van der Waals surface area contributed by atoms with Crippen molar-refractivity contribution in [3.05, 3.63) is 33.8 Å². The Labute approximate surface area is 106 Å². The third kappa shape index (κ3) is 3.36. The molecular formula is C12H15Cl2NO. The molecule has 1 N–H and O–H groups in total. The van der Waals surface area contributed by atoms with Crippen LogP contribution < -0.4 is 5.48 Å². The Morgan fingerprint density at radius 1 is 1.19 bits per heavy atom. The zero-order valence-electron chi connectivity index (χ0n) is 9.01.